The molecule has 2 fully saturated rings. The zero-order chi connectivity index (χ0) is 12.3. The Balaban J connectivity index is 1.87. The zero-order valence-electron chi connectivity index (χ0n) is 10.6. The number of ether oxygens (including phenoxy) is 2. The lowest BCUT2D eigenvalue weighted by Crippen LogP contribution is -2.52. The first kappa shape index (κ1) is 12.8. The number of carbonyl (C=O) groups is 1. The van der Waals surface area contributed by atoms with Gasteiger partial charge >= 0.3 is 0 Å². The van der Waals surface area contributed by atoms with Crippen LogP contribution in [0.4, 0.5) is 0 Å². The molecule has 2 heterocycles. The van der Waals surface area contributed by atoms with Gasteiger partial charge in [0.2, 0.25) is 5.91 Å². The SMILES string of the molecule is CNC(=O)C(C)NC1CCOC2(CCOC2)C1. The van der Waals surface area contributed by atoms with Gasteiger partial charge < -0.3 is 20.1 Å². The van der Waals surface area contributed by atoms with Crippen molar-refractivity contribution >= 4 is 5.91 Å². The van der Waals surface area contributed by atoms with Crippen LogP contribution in [0.2, 0.25) is 0 Å². The van der Waals surface area contributed by atoms with E-state index in [0.717, 1.165) is 32.5 Å². The van der Waals surface area contributed by atoms with Crippen LogP contribution >= 0.6 is 0 Å². The van der Waals surface area contributed by atoms with Gasteiger partial charge in [-0.3, -0.25) is 4.79 Å². The van der Waals surface area contributed by atoms with Gasteiger partial charge in [0, 0.05) is 32.7 Å². The van der Waals surface area contributed by atoms with Crippen molar-refractivity contribution in [1.29, 1.82) is 0 Å². The van der Waals surface area contributed by atoms with E-state index in [9.17, 15) is 4.79 Å². The fourth-order valence-corrected chi connectivity index (χ4v) is 2.68. The van der Waals surface area contributed by atoms with Crippen molar-refractivity contribution in [3.05, 3.63) is 0 Å². The molecule has 2 aliphatic rings. The average molecular weight is 242 g/mol. The summed E-state index contributed by atoms with van der Waals surface area (Å²) in [6, 6.07) is 0.195. The number of hydrogen-bond acceptors (Lipinski definition) is 4. The summed E-state index contributed by atoms with van der Waals surface area (Å²) >= 11 is 0. The number of hydrogen-bond donors (Lipinski definition) is 2. The molecule has 0 aromatic rings. The van der Waals surface area contributed by atoms with E-state index in [1.807, 2.05) is 6.92 Å². The van der Waals surface area contributed by atoms with Gasteiger partial charge in [0.25, 0.3) is 0 Å². The Hall–Kier alpha value is -0.650. The van der Waals surface area contributed by atoms with Gasteiger partial charge in [0.15, 0.2) is 0 Å². The highest BCUT2D eigenvalue weighted by Crippen LogP contribution is 2.32. The summed E-state index contributed by atoms with van der Waals surface area (Å²) in [6.07, 6.45) is 2.87. The van der Waals surface area contributed by atoms with Crippen molar-refractivity contribution < 1.29 is 14.3 Å². The lowest BCUT2D eigenvalue weighted by Gasteiger charge is -2.38. The summed E-state index contributed by atoms with van der Waals surface area (Å²) in [5, 5.41) is 6.03. The van der Waals surface area contributed by atoms with E-state index >= 15 is 0 Å². The highest BCUT2D eigenvalue weighted by molar-refractivity contribution is 5.80. The summed E-state index contributed by atoms with van der Waals surface area (Å²) in [6.45, 7) is 4.13. The highest BCUT2D eigenvalue weighted by Gasteiger charge is 2.41. The molecule has 0 bridgehead atoms. The Morgan fingerprint density at radius 2 is 2.29 bits per heavy atom. The van der Waals surface area contributed by atoms with Gasteiger partial charge in [-0.1, -0.05) is 0 Å². The second-order valence-corrected chi connectivity index (χ2v) is 5.03. The molecular formula is C12H22N2O3. The van der Waals surface area contributed by atoms with Gasteiger partial charge in [-0.15, -0.1) is 0 Å². The molecule has 0 aliphatic carbocycles. The molecule has 2 N–H and O–H groups in total. The molecule has 0 saturated carbocycles. The number of rotatable bonds is 3. The van der Waals surface area contributed by atoms with Crippen molar-refractivity contribution in [2.24, 2.45) is 0 Å². The van der Waals surface area contributed by atoms with Gasteiger partial charge in [-0.25, -0.2) is 0 Å². The molecule has 0 radical (unpaired) electrons. The molecule has 98 valence electrons. The third kappa shape index (κ3) is 2.97. The van der Waals surface area contributed by atoms with Gasteiger partial charge in [-0.05, 0) is 19.8 Å². The number of nitrogens with one attached hydrogen (secondary N) is 2. The monoisotopic (exact) mass is 242 g/mol. The van der Waals surface area contributed by atoms with Crippen molar-refractivity contribution in [3.8, 4) is 0 Å². The van der Waals surface area contributed by atoms with Crippen LogP contribution < -0.4 is 10.6 Å². The van der Waals surface area contributed by atoms with Crippen molar-refractivity contribution in [2.75, 3.05) is 26.9 Å². The Labute approximate surface area is 102 Å². The Morgan fingerprint density at radius 3 is 2.94 bits per heavy atom. The third-order valence-corrected chi connectivity index (χ3v) is 3.69. The molecular weight excluding hydrogens is 220 g/mol. The van der Waals surface area contributed by atoms with E-state index in [1.54, 1.807) is 7.05 Å². The minimum atomic E-state index is -0.150. The van der Waals surface area contributed by atoms with Crippen LogP contribution in [0.1, 0.15) is 26.2 Å². The molecule has 1 spiro atoms. The molecule has 1 amide bonds. The summed E-state index contributed by atoms with van der Waals surface area (Å²) in [7, 11) is 1.66. The predicted molar refractivity (Wildman–Crippen MR) is 63.8 cm³/mol. The summed E-state index contributed by atoms with van der Waals surface area (Å²) < 4.78 is 11.3. The van der Waals surface area contributed by atoms with Crippen molar-refractivity contribution in [1.82, 2.24) is 10.6 Å². The Kier molecular flexibility index (Phi) is 4.01. The molecule has 3 atom stereocenters. The Bertz CT molecular complexity index is 277. The Morgan fingerprint density at radius 1 is 1.47 bits per heavy atom. The van der Waals surface area contributed by atoms with Gasteiger partial charge in [0.05, 0.1) is 18.2 Å². The summed E-state index contributed by atoms with van der Waals surface area (Å²) in [5.41, 5.74) is -0.0989. The smallest absolute Gasteiger partial charge is 0.236 e. The van der Waals surface area contributed by atoms with E-state index in [0.29, 0.717) is 12.6 Å². The second-order valence-electron chi connectivity index (χ2n) is 5.03. The highest BCUT2D eigenvalue weighted by atomic mass is 16.6. The maximum Gasteiger partial charge on any atom is 0.236 e. The summed E-state index contributed by atoms with van der Waals surface area (Å²) in [4.78, 5) is 11.5. The molecule has 0 aromatic carbocycles. The lowest BCUT2D eigenvalue weighted by molar-refractivity contribution is -0.123. The molecule has 5 nitrogen and oxygen atoms in total. The standard InChI is InChI=1S/C12H22N2O3/c1-9(11(15)13-2)14-10-3-5-17-12(7-10)4-6-16-8-12/h9-10,14H,3-8H2,1-2H3,(H,13,15). The molecule has 5 heteroatoms. The van der Waals surface area contributed by atoms with Crippen LogP contribution in [0.25, 0.3) is 0 Å². The number of likely N-dealkylation sites (N-methyl/N-ethyl adjacent to an activating group) is 1. The quantitative estimate of drug-likeness (QED) is 0.734. The van der Waals surface area contributed by atoms with Crippen LogP contribution in [-0.4, -0.2) is 50.5 Å². The maximum atomic E-state index is 11.5. The fourth-order valence-electron chi connectivity index (χ4n) is 2.68. The van der Waals surface area contributed by atoms with Gasteiger partial charge in [0.1, 0.15) is 0 Å². The average Bonchev–Trinajstić information content (AvgIpc) is 2.76. The zero-order valence-corrected chi connectivity index (χ0v) is 10.6. The van der Waals surface area contributed by atoms with Crippen LogP contribution in [-0.2, 0) is 14.3 Å². The minimum absolute atomic E-state index is 0.0354. The van der Waals surface area contributed by atoms with Crippen LogP contribution in [0.3, 0.4) is 0 Å². The molecule has 2 saturated heterocycles. The van der Waals surface area contributed by atoms with Crippen LogP contribution in [0.5, 0.6) is 0 Å². The normalized spacial score (nSPS) is 34.8. The first-order valence-corrected chi connectivity index (χ1v) is 6.34. The minimum Gasteiger partial charge on any atom is -0.378 e. The van der Waals surface area contributed by atoms with Crippen LogP contribution in [0.15, 0.2) is 0 Å². The molecule has 17 heavy (non-hydrogen) atoms. The molecule has 2 rings (SSSR count). The van der Waals surface area contributed by atoms with Crippen molar-refractivity contribution in [3.63, 3.8) is 0 Å². The topological polar surface area (TPSA) is 59.6 Å². The molecule has 2 aliphatic heterocycles. The predicted octanol–water partition coefficient (Wildman–Crippen LogP) is 0.0486. The maximum absolute atomic E-state index is 11.5. The van der Waals surface area contributed by atoms with E-state index in [2.05, 4.69) is 10.6 Å². The van der Waals surface area contributed by atoms with Crippen LogP contribution in [0, 0.1) is 0 Å². The van der Waals surface area contributed by atoms with E-state index in [1.165, 1.54) is 0 Å². The number of amides is 1. The fraction of sp³-hybridized carbons (Fsp3) is 0.917. The third-order valence-electron chi connectivity index (χ3n) is 3.69. The van der Waals surface area contributed by atoms with Crippen molar-refractivity contribution in [2.45, 2.75) is 43.9 Å². The molecule has 0 aromatic heterocycles. The second kappa shape index (κ2) is 5.33. The number of carbonyl (C=O) groups excluding carboxylic acids is 1. The molecule has 3 unspecified atom stereocenters. The summed E-state index contributed by atoms with van der Waals surface area (Å²) in [5.74, 6) is 0.0354. The van der Waals surface area contributed by atoms with E-state index in [-0.39, 0.29) is 17.6 Å². The van der Waals surface area contributed by atoms with E-state index < -0.39 is 0 Å². The first-order valence-electron chi connectivity index (χ1n) is 6.34. The first-order chi connectivity index (χ1) is 8.15. The van der Waals surface area contributed by atoms with Gasteiger partial charge in [-0.2, -0.15) is 0 Å². The largest absolute Gasteiger partial charge is 0.378 e. The lowest BCUT2D eigenvalue weighted by atomic mass is 9.89. The van der Waals surface area contributed by atoms with E-state index in [4.69, 9.17) is 9.47 Å².